The highest BCUT2D eigenvalue weighted by molar-refractivity contribution is 6.31. The van der Waals surface area contributed by atoms with Crippen molar-refractivity contribution in [2.45, 2.75) is 13.0 Å². The molecule has 1 N–H and O–H groups in total. The molecule has 26 heavy (non-hydrogen) atoms. The zero-order valence-corrected chi connectivity index (χ0v) is 14.2. The van der Waals surface area contributed by atoms with E-state index in [-0.39, 0.29) is 5.02 Å². The van der Waals surface area contributed by atoms with Gasteiger partial charge in [-0.1, -0.05) is 16.8 Å². The minimum absolute atomic E-state index is 0.0571. The third-order valence-corrected chi connectivity index (χ3v) is 4.07. The summed E-state index contributed by atoms with van der Waals surface area (Å²) in [5.41, 5.74) is 2.19. The van der Waals surface area contributed by atoms with E-state index in [2.05, 4.69) is 30.5 Å². The first kappa shape index (κ1) is 16.3. The molecule has 0 radical (unpaired) electrons. The first-order valence-electron chi connectivity index (χ1n) is 7.86. The molecule has 1 aromatic carbocycles. The van der Waals surface area contributed by atoms with E-state index in [9.17, 15) is 4.39 Å². The molecule has 0 saturated carbocycles. The molecule has 0 saturated heterocycles. The number of nitrogens with one attached hydrogen (secondary N) is 1. The predicted molar refractivity (Wildman–Crippen MR) is 93.7 cm³/mol. The van der Waals surface area contributed by atoms with Crippen LogP contribution in [0.3, 0.4) is 0 Å². The summed E-state index contributed by atoms with van der Waals surface area (Å²) >= 11 is 5.81. The van der Waals surface area contributed by atoms with Crippen molar-refractivity contribution in [1.82, 2.24) is 35.2 Å². The summed E-state index contributed by atoms with van der Waals surface area (Å²) in [6.07, 6.45) is 5.81. The number of aryl methyl sites for hydroxylation is 2. The molecule has 0 atom stereocenters. The van der Waals surface area contributed by atoms with E-state index in [4.69, 9.17) is 11.6 Å². The molecular weight excluding hydrogens is 357 g/mol. The average molecular weight is 370 g/mol. The van der Waals surface area contributed by atoms with Gasteiger partial charge in [-0.2, -0.15) is 5.10 Å². The normalized spacial score (nSPS) is 11.0. The van der Waals surface area contributed by atoms with Gasteiger partial charge in [0.2, 0.25) is 0 Å². The second-order valence-corrected chi connectivity index (χ2v) is 6.00. The molecule has 0 aliphatic heterocycles. The van der Waals surface area contributed by atoms with E-state index in [1.165, 1.54) is 12.1 Å². The Hall–Kier alpha value is -3.13. The summed E-state index contributed by atoms with van der Waals surface area (Å²) in [7, 11) is 0. The molecule has 9 heteroatoms. The number of H-pyrrole nitrogens is 1. The first-order chi connectivity index (χ1) is 12.7. The van der Waals surface area contributed by atoms with Crippen LogP contribution in [0.4, 0.5) is 4.39 Å². The smallest absolute Gasteiger partial charge is 0.182 e. The van der Waals surface area contributed by atoms with Crippen LogP contribution in [0.2, 0.25) is 5.02 Å². The molecule has 130 valence electrons. The van der Waals surface area contributed by atoms with Crippen LogP contribution in [0.15, 0.2) is 48.9 Å². The van der Waals surface area contributed by atoms with Crippen molar-refractivity contribution in [3.05, 3.63) is 65.6 Å². The highest BCUT2D eigenvalue weighted by atomic mass is 35.5. The zero-order valence-electron chi connectivity index (χ0n) is 13.5. The summed E-state index contributed by atoms with van der Waals surface area (Å²) in [5.74, 6) is 0.886. The van der Waals surface area contributed by atoms with Gasteiger partial charge in [0.15, 0.2) is 5.82 Å². The second-order valence-electron chi connectivity index (χ2n) is 5.59. The van der Waals surface area contributed by atoms with Crippen molar-refractivity contribution >= 4 is 11.6 Å². The maximum absolute atomic E-state index is 13.3. The number of hydrogen-bond donors (Lipinski definition) is 1. The molecule has 3 aromatic heterocycles. The standard InChI is InChI=1S/C17H13ClFN7/c18-13-8-11(3-4-14(13)19)15-10-26(25-22-15)7-5-16-21-17(24-23-16)12-2-1-6-20-9-12/h1-4,6,8-10H,5,7H2,(H,21,23,24). The van der Waals surface area contributed by atoms with Crippen molar-refractivity contribution < 1.29 is 4.39 Å². The summed E-state index contributed by atoms with van der Waals surface area (Å²) in [6.45, 7) is 0.573. The number of aromatic nitrogens is 7. The molecule has 3 heterocycles. The van der Waals surface area contributed by atoms with Gasteiger partial charge in [0.05, 0.1) is 11.2 Å². The zero-order chi connectivity index (χ0) is 17.9. The molecule has 0 amide bonds. The Bertz CT molecular complexity index is 1030. The summed E-state index contributed by atoms with van der Waals surface area (Å²) < 4.78 is 15.0. The van der Waals surface area contributed by atoms with Crippen LogP contribution in [0, 0.1) is 5.82 Å². The van der Waals surface area contributed by atoms with Crippen molar-refractivity contribution in [3.63, 3.8) is 0 Å². The average Bonchev–Trinajstić information content (AvgIpc) is 3.32. The summed E-state index contributed by atoms with van der Waals surface area (Å²) in [4.78, 5) is 8.51. The van der Waals surface area contributed by atoms with Crippen LogP contribution in [0.25, 0.3) is 22.6 Å². The van der Waals surface area contributed by atoms with Gasteiger partial charge >= 0.3 is 0 Å². The quantitative estimate of drug-likeness (QED) is 0.584. The van der Waals surface area contributed by atoms with E-state index < -0.39 is 5.82 Å². The van der Waals surface area contributed by atoms with E-state index in [0.717, 1.165) is 11.4 Å². The lowest BCUT2D eigenvalue weighted by Gasteiger charge is -1.98. The van der Waals surface area contributed by atoms with Crippen molar-refractivity contribution in [2.24, 2.45) is 0 Å². The van der Waals surface area contributed by atoms with E-state index in [1.54, 1.807) is 29.3 Å². The molecule has 7 nitrogen and oxygen atoms in total. The number of pyridine rings is 1. The molecular formula is C17H13ClFN7. The fourth-order valence-corrected chi connectivity index (χ4v) is 2.63. The third-order valence-electron chi connectivity index (χ3n) is 3.78. The Labute approximate surface area is 152 Å². The van der Waals surface area contributed by atoms with E-state index in [1.807, 2.05) is 12.1 Å². The third kappa shape index (κ3) is 3.45. The number of halogens is 2. The maximum Gasteiger partial charge on any atom is 0.182 e. The van der Waals surface area contributed by atoms with Crippen molar-refractivity contribution in [3.8, 4) is 22.6 Å². The van der Waals surface area contributed by atoms with Crippen molar-refractivity contribution in [2.75, 3.05) is 0 Å². The van der Waals surface area contributed by atoms with Crippen LogP contribution in [-0.2, 0) is 13.0 Å². The molecule has 4 aromatic rings. The van der Waals surface area contributed by atoms with Crippen molar-refractivity contribution in [1.29, 1.82) is 0 Å². The van der Waals surface area contributed by atoms with Gasteiger partial charge in [-0.25, -0.2) is 9.37 Å². The van der Waals surface area contributed by atoms with Gasteiger partial charge in [-0.3, -0.25) is 14.8 Å². The Balaban J connectivity index is 1.44. The highest BCUT2D eigenvalue weighted by Crippen LogP contribution is 2.23. The van der Waals surface area contributed by atoms with Crippen LogP contribution < -0.4 is 0 Å². The van der Waals surface area contributed by atoms with Gasteiger partial charge in [0.1, 0.15) is 17.3 Å². The topological polar surface area (TPSA) is 85.2 Å². The number of benzene rings is 1. The van der Waals surface area contributed by atoms with E-state index in [0.29, 0.717) is 30.0 Å². The fraction of sp³-hybridized carbons (Fsp3) is 0.118. The molecule has 0 aliphatic rings. The molecule has 0 bridgehead atoms. The number of aromatic amines is 1. The fourth-order valence-electron chi connectivity index (χ4n) is 2.45. The first-order valence-corrected chi connectivity index (χ1v) is 8.24. The van der Waals surface area contributed by atoms with Crippen LogP contribution in [0.5, 0.6) is 0 Å². The molecule has 0 spiro atoms. The van der Waals surface area contributed by atoms with Gasteiger partial charge in [-0.05, 0) is 30.3 Å². The Kier molecular flexibility index (Phi) is 4.40. The van der Waals surface area contributed by atoms with Gasteiger partial charge in [-0.15, -0.1) is 5.10 Å². The van der Waals surface area contributed by atoms with Crippen LogP contribution in [-0.4, -0.2) is 35.2 Å². The van der Waals surface area contributed by atoms with Gasteiger partial charge < -0.3 is 0 Å². The Morgan fingerprint density at radius 2 is 2.12 bits per heavy atom. The minimum Gasteiger partial charge on any atom is -0.264 e. The summed E-state index contributed by atoms with van der Waals surface area (Å²) in [6, 6.07) is 8.20. The lowest BCUT2D eigenvalue weighted by Crippen LogP contribution is -2.03. The number of rotatable bonds is 5. The maximum atomic E-state index is 13.3. The Morgan fingerprint density at radius 3 is 2.92 bits per heavy atom. The molecule has 0 fully saturated rings. The Morgan fingerprint density at radius 1 is 1.19 bits per heavy atom. The van der Waals surface area contributed by atoms with Gasteiger partial charge in [0, 0.05) is 36.5 Å². The van der Waals surface area contributed by atoms with Crippen LogP contribution >= 0.6 is 11.6 Å². The van der Waals surface area contributed by atoms with Gasteiger partial charge in [0.25, 0.3) is 0 Å². The second kappa shape index (κ2) is 7.01. The SMILES string of the molecule is Fc1ccc(-c2cn(CCc3nc(-c4cccnc4)n[nH]3)nn2)cc1Cl. The molecule has 4 rings (SSSR count). The monoisotopic (exact) mass is 369 g/mol. The number of hydrogen-bond acceptors (Lipinski definition) is 5. The van der Waals surface area contributed by atoms with Crippen LogP contribution in [0.1, 0.15) is 5.82 Å². The number of nitrogens with zero attached hydrogens (tertiary/aromatic N) is 6. The summed E-state index contributed by atoms with van der Waals surface area (Å²) in [5, 5.41) is 15.4. The highest BCUT2D eigenvalue weighted by Gasteiger charge is 2.09. The van der Waals surface area contributed by atoms with E-state index >= 15 is 0 Å². The molecule has 0 aliphatic carbocycles. The largest absolute Gasteiger partial charge is 0.264 e. The lowest BCUT2D eigenvalue weighted by atomic mass is 10.2. The minimum atomic E-state index is -0.461. The molecule has 0 unspecified atom stereocenters. The predicted octanol–water partition coefficient (Wildman–Crippen LogP) is 3.16. The lowest BCUT2D eigenvalue weighted by molar-refractivity contribution is 0.578.